The Kier molecular flexibility index (Phi) is 4.85. The normalized spacial score (nSPS) is 15.0. The minimum atomic E-state index is -0.361. The molecule has 0 fully saturated rings. The largest absolute Gasteiger partial charge is 0.448 e. The van der Waals surface area contributed by atoms with Crippen LogP contribution in [0.5, 0.6) is 5.88 Å². The molecule has 0 saturated heterocycles. The summed E-state index contributed by atoms with van der Waals surface area (Å²) < 4.78 is 6.26. The van der Waals surface area contributed by atoms with Crippen molar-refractivity contribution in [2.75, 3.05) is 30.1 Å². The summed E-state index contributed by atoms with van der Waals surface area (Å²) in [6.45, 7) is 2.06. The molecule has 0 bridgehead atoms. The van der Waals surface area contributed by atoms with Gasteiger partial charge in [-0.15, -0.1) is 10.2 Å². The average molecular weight is 379 g/mol. The van der Waals surface area contributed by atoms with Crippen molar-refractivity contribution in [2.24, 2.45) is 0 Å². The number of thioether (sulfide) groups is 1. The van der Waals surface area contributed by atoms with Crippen molar-refractivity contribution in [2.45, 2.75) is 18.3 Å². The molecule has 2 heterocycles. The molecule has 4 rings (SSSR count). The Morgan fingerprint density at radius 3 is 2.59 bits per heavy atom. The van der Waals surface area contributed by atoms with E-state index in [0.29, 0.717) is 16.7 Å². The fourth-order valence-electron chi connectivity index (χ4n) is 2.94. The average Bonchev–Trinajstić information content (AvgIpc) is 2.85. The van der Waals surface area contributed by atoms with Gasteiger partial charge in [0.2, 0.25) is 11.0 Å². The number of fused-ring (bicyclic) bond motifs is 3. The maximum absolute atomic E-state index is 6.26. The summed E-state index contributed by atoms with van der Waals surface area (Å²) in [5.41, 5.74) is 4.70. The molecule has 2 aromatic carbocycles. The Balaban J connectivity index is 1.77. The fourth-order valence-corrected chi connectivity index (χ4v) is 3.44. The Morgan fingerprint density at radius 1 is 1.07 bits per heavy atom. The van der Waals surface area contributed by atoms with Crippen LogP contribution in [0.15, 0.2) is 53.7 Å². The highest BCUT2D eigenvalue weighted by Crippen LogP contribution is 2.39. The van der Waals surface area contributed by atoms with Crippen molar-refractivity contribution in [1.82, 2.24) is 15.2 Å². The fraction of sp³-hybridized carbons (Fsp3) is 0.250. The van der Waals surface area contributed by atoms with Crippen molar-refractivity contribution in [1.29, 1.82) is 0 Å². The van der Waals surface area contributed by atoms with Crippen molar-refractivity contribution in [3.8, 4) is 17.1 Å². The van der Waals surface area contributed by atoms with Gasteiger partial charge in [-0.25, -0.2) is 0 Å². The van der Waals surface area contributed by atoms with Gasteiger partial charge in [-0.1, -0.05) is 49.0 Å². The minimum Gasteiger partial charge on any atom is -0.448 e. The molecule has 1 aromatic heterocycles. The molecule has 1 atom stereocenters. The van der Waals surface area contributed by atoms with Crippen LogP contribution in [0.25, 0.3) is 11.3 Å². The van der Waals surface area contributed by atoms with Crippen LogP contribution in [0.4, 0.5) is 11.4 Å². The number of para-hydroxylation sites is 1. The lowest BCUT2D eigenvalue weighted by Gasteiger charge is -2.20. The summed E-state index contributed by atoms with van der Waals surface area (Å²) in [5, 5.41) is 12.7. The van der Waals surface area contributed by atoms with E-state index in [4.69, 9.17) is 4.74 Å². The van der Waals surface area contributed by atoms with E-state index < -0.39 is 0 Å². The van der Waals surface area contributed by atoms with Crippen molar-refractivity contribution >= 4 is 23.1 Å². The number of benzene rings is 2. The highest BCUT2D eigenvalue weighted by Gasteiger charge is 2.25. The molecule has 7 heteroatoms. The molecule has 0 amide bonds. The second kappa shape index (κ2) is 7.44. The van der Waals surface area contributed by atoms with Crippen molar-refractivity contribution < 1.29 is 4.74 Å². The molecule has 0 saturated carbocycles. The topological polar surface area (TPSA) is 63.2 Å². The third-order valence-corrected chi connectivity index (χ3v) is 5.04. The summed E-state index contributed by atoms with van der Waals surface area (Å²) >= 11 is 1.55. The molecule has 0 spiro atoms. The van der Waals surface area contributed by atoms with Gasteiger partial charge >= 0.3 is 0 Å². The molecular formula is C20H21N5OS. The van der Waals surface area contributed by atoms with Gasteiger partial charge in [0.25, 0.3) is 0 Å². The summed E-state index contributed by atoms with van der Waals surface area (Å²) in [4.78, 5) is 6.67. The first-order chi connectivity index (χ1) is 13.2. The van der Waals surface area contributed by atoms with Crippen molar-refractivity contribution in [3.63, 3.8) is 0 Å². The number of hydrogen-bond acceptors (Lipinski definition) is 7. The van der Waals surface area contributed by atoms with E-state index >= 15 is 0 Å². The molecule has 27 heavy (non-hydrogen) atoms. The van der Waals surface area contributed by atoms with Crippen molar-refractivity contribution in [3.05, 3.63) is 54.1 Å². The molecule has 6 nitrogen and oxygen atoms in total. The van der Waals surface area contributed by atoms with Crippen LogP contribution in [-0.4, -0.2) is 35.0 Å². The molecule has 1 N–H and O–H groups in total. The smallest absolute Gasteiger partial charge is 0.247 e. The molecule has 3 aromatic rings. The summed E-state index contributed by atoms with van der Waals surface area (Å²) in [6.07, 6.45) is -0.361. The first kappa shape index (κ1) is 17.6. The second-order valence-electron chi connectivity index (χ2n) is 6.35. The summed E-state index contributed by atoms with van der Waals surface area (Å²) in [7, 11) is 4.05. The number of rotatable bonds is 4. The van der Waals surface area contributed by atoms with E-state index in [2.05, 4.69) is 56.6 Å². The molecule has 1 aliphatic heterocycles. The van der Waals surface area contributed by atoms with Gasteiger partial charge in [-0.2, -0.15) is 4.98 Å². The second-order valence-corrected chi connectivity index (χ2v) is 7.59. The predicted octanol–water partition coefficient (Wildman–Crippen LogP) is 4.22. The third-order valence-electron chi connectivity index (χ3n) is 4.32. The quantitative estimate of drug-likeness (QED) is 0.681. The third kappa shape index (κ3) is 3.55. The first-order valence-electron chi connectivity index (χ1n) is 8.83. The standard InChI is InChI=1S/C20H21N5OS/c1-4-27-20-22-19-17(23-24-20)15-7-5-6-8-16(15)21-18(26-19)13-9-11-14(12-10-13)25(2)3/h5-12,18,21H,4H2,1-3H3. The minimum absolute atomic E-state index is 0.361. The van der Waals surface area contributed by atoms with E-state index in [0.717, 1.165) is 28.3 Å². The number of nitrogens with zero attached hydrogens (tertiary/aromatic N) is 4. The number of ether oxygens (including phenoxy) is 1. The van der Waals surface area contributed by atoms with E-state index in [-0.39, 0.29) is 6.23 Å². The van der Waals surface area contributed by atoms with Crippen LogP contribution < -0.4 is 15.0 Å². The zero-order valence-corrected chi connectivity index (χ0v) is 16.3. The number of anilines is 2. The van der Waals surface area contributed by atoms with E-state index in [9.17, 15) is 0 Å². The van der Waals surface area contributed by atoms with E-state index in [1.807, 2.05) is 38.4 Å². The lowest BCUT2D eigenvalue weighted by Crippen LogP contribution is -2.17. The van der Waals surface area contributed by atoms with E-state index in [1.54, 1.807) is 11.8 Å². The summed E-state index contributed by atoms with van der Waals surface area (Å²) in [6, 6.07) is 16.3. The van der Waals surface area contributed by atoms with Crippen LogP contribution in [0.3, 0.4) is 0 Å². The lowest BCUT2D eigenvalue weighted by atomic mass is 10.1. The number of hydrogen-bond donors (Lipinski definition) is 1. The lowest BCUT2D eigenvalue weighted by molar-refractivity contribution is 0.225. The Bertz CT molecular complexity index is 945. The SMILES string of the molecule is CCSc1nnc2c(n1)OC(c1ccc(N(C)C)cc1)Nc1ccccc1-2. The molecular weight excluding hydrogens is 358 g/mol. The molecule has 0 radical (unpaired) electrons. The van der Waals surface area contributed by atoms with Gasteiger partial charge in [-0.3, -0.25) is 0 Å². The van der Waals surface area contributed by atoms with Crippen LogP contribution in [-0.2, 0) is 0 Å². The molecule has 0 aliphatic carbocycles. The van der Waals surface area contributed by atoms with Gasteiger partial charge in [0.1, 0.15) is 0 Å². The van der Waals surface area contributed by atoms with Crippen LogP contribution in [0.1, 0.15) is 18.7 Å². The van der Waals surface area contributed by atoms with Gasteiger partial charge in [0, 0.05) is 36.6 Å². The van der Waals surface area contributed by atoms with Gasteiger partial charge in [0.05, 0.1) is 0 Å². The van der Waals surface area contributed by atoms with Gasteiger partial charge < -0.3 is 15.0 Å². The highest BCUT2D eigenvalue weighted by molar-refractivity contribution is 7.99. The van der Waals surface area contributed by atoms with E-state index in [1.165, 1.54) is 0 Å². The number of aromatic nitrogens is 3. The molecule has 1 aliphatic rings. The zero-order valence-electron chi connectivity index (χ0n) is 15.5. The van der Waals surface area contributed by atoms with Crippen LogP contribution in [0.2, 0.25) is 0 Å². The van der Waals surface area contributed by atoms with Gasteiger partial charge in [0.15, 0.2) is 11.9 Å². The maximum atomic E-state index is 6.26. The number of nitrogens with one attached hydrogen (secondary N) is 1. The monoisotopic (exact) mass is 379 g/mol. The Hall–Kier alpha value is -2.80. The summed E-state index contributed by atoms with van der Waals surface area (Å²) in [5.74, 6) is 1.38. The molecule has 1 unspecified atom stereocenters. The molecule has 138 valence electrons. The predicted molar refractivity (Wildman–Crippen MR) is 109 cm³/mol. The maximum Gasteiger partial charge on any atom is 0.247 e. The van der Waals surface area contributed by atoms with Gasteiger partial charge in [-0.05, 0) is 24.0 Å². The highest BCUT2D eigenvalue weighted by atomic mass is 32.2. The van der Waals surface area contributed by atoms with Crippen LogP contribution in [0, 0.1) is 0 Å². The Labute approximate surface area is 163 Å². The zero-order chi connectivity index (χ0) is 18.8. The first-order valence-corrected chi connectivity index (χ1v) is 9.81. The van der Waals surface area contributed by atoms with Crippen LogP contribution >= 0.6 is 11.8 Å². The Morgan fingerprint density at radius 2 is 1.85 bits per heavy atom.